The minimum atomic E-state index is -0.707. The fourth-order valence-electron chi connectivity index (χ4n) is 4.12. The second kappa shape index (κ2) is 8.78. The third-order valence-corrected chi connectivity index (χ3v) is 5.88. The second-order valence-corrected chi connectivity index (χ2v) is 8.93. The Morgan fingerprint density at radius 3 is 2.72 bits per heavy atom. The summed E-state index contributed by atoms with van der Waals surface area (Å²) >= 11 is 0. The van der Waals surface area contributed by atoms with Gasteiger partial charge in [0.05, 0.1) is 18.8 Å². The van der Waals surface area contributed by atoms with Gasteiger partial charge in [0, 0.05) is 30.8 Å². The summed E-state index contributed by atoms with van der Waals surface area (Å²) in [6.07, 6.45) is 7.70. The third-order valence-electron chi connectivity index (χ3n) is 5.88. The average Bonchev–Trinajstić information content (AvgIpc) is 3.26. The van der Waals surface area contributed by atoms with E-state index in [1.807, 2.05) is 13.8 Å². The van der Waals surface area contributed by atoms with E-state index in [0.29, 0.717) is 24.3 Å². The number of aromatic hydroxyl groups is 1. The molecule has 0 bridgehead atoms. The minimum absolute atomic E-state index is 0.0333. The lowest BCUT2D eigenvalue weighted by Gasteiger charge is -2.21. The molecule has 3 N–H and O–H groups in total. The van der Waals surface area contributed by atoms with Crippen LogP contribution in [0, 0.1) is 5.92 Å². The van der Waals surface area contributed by atoms with E-state index < -0.39 is 17.3 Å². The Kier molecular flexibility index (Phi) is 6.05. The van der Waals surface area contributed by atoms with Crippen LogP contribution in [0.15, 0.2) is 17.1 Å². The van der Waals surface area contributed by atoms with Gasteiger partial charge >= 0.3 is 0 Å². The van der Waals surface area contributed by atoms with Crippen LogP contribution in [0.3, 0.4) is 0 Å². The number of amides is 2. The SMILES string of the molecule is CC(C)Cn1c(O)c(C(=O)NC2CC2)c(=O)n2ncc(/C=C/C(=O)N3CCC[C@H]3CO)c12. The zero-order valence-electron chi connectivity index (χ0n) is 18.3. The predicted molar refractivity (Wildman–Crippen MR) is 117 cm³/mol. The van der Waals surface area contributed by atoms with Crippen LogP contribution in [-0.4, -0.2) is 66.3 Å². The van der Waals surface area contributed by atoms with Gasteiger partial charge in [-0.1, -0.05) is 13.8 Å². The fraction of sp³-hybridized carbons (Fsp3) is 0.545. The molecular formula is C22H29N5O5. The number of nitrogens with zero attached hydrogens (tertiary/aromatic N) is 4. The molecule has 172 valence electrons. The number of likely N-dealkylation sites (tertiary alicyclic amines) is 1. The Morgan fingerprint density at radius 2 is 2.06 bits per heavy atom. The first-order chi connectivity index (χ1) is 15.3. The Morgan fingerprint density at radius 1 is 1.31 bits per heavy atom. The highest BCUT2D eigenvalue weighted by molar-refractivity contribution is 5.97. The van der Waals surface area contributed by atoms with Crippen molar-refractivity contribution in [3.8, 4) is 5.88 Å². The van der Waals surface area contributed by atoms with E-state index in [2.05, 4.69) is 10.4 Å². The summed E-state index contributed by atoms with van der Waals surface area (Å²) in [7, 11) is 0. The van der Waals surface area contributed by atoms with Gasteiger partial charge in [-0.15, -0.1) is 0 Å². The molecule has 2 aromatic heterocycles. The largest absolute Gasteiger partial charge is 0.494 e. The molecular weight excluding hydrogens is 414 g/mol. The van der Waals surface area contributed by atoms with Crippen molar-refractivity contribution in [2.24, 2.45) is 5.92 Å². The van der Waals surface area contributed by atoms with Gasteiger partial charge in [-0.3, -0.25) is 19.0 Å². The Labute approximate surface area is 185 Å². The maximum absolute atomic E-state index is 13.0. The normalized spacial score (nSPS) is 18.9. The number of fused-ring (bicyclic) bond motifs is 1. The van der Waals surface area contributed by atoms with Gasteiger partial charge < -0.3 is 20.4 Å². The fourth-order valence-corrected chi connectivity index (χ4v) is 4.12. The van der Waals surface area contributed by atoms with Crippen molar-refractivity contribution in [3.05, 3.63) is 33.8 Å². The standard InChI is InChI=1S/C22H29N5O5/c1-13(2)11-26-20-14(5-8-17(29)25-9-3-4-16(25)12-28)10-23-27(20)22(32)18(21(26)31)19(30)24-15-6-7-15/h5,8,10,13,15-16,28,31H,3-4,6-7,9,11-12H2,1-2H3,(H,24,30)/b8-5+/t16-/m0/s1. The average molecular weight is 444 g/mol. The molecule has 1 saturated heterocycles. The van der Waals surface area contributed by atoms with Crippen molar-refractivity contribution in [2.75, 3.05) is 13.2 Å². The van der Waals surface area contributed by atoms with Gasteiger partial charge in [0.1, 0.15) is 5.65 Å². The molecule has 2 aliphatic rings. The number of hydrogen-bond donors (Lipinski definition) is 3. The molecule has 0 spiro atoms. The van der Waals surface area contributed by atoms with E-state index in [-0.39, 0.29) is 36.1 Å². The van der Waals surface area contributed by atoms with Crippen LogP contribution >= 0.6 is 0 Å². The lowest BCUT2D eigenvalue weighted by molar-refractivity contribution is -0.127. The highest BCUT2D eigenvalue weighted by Gasteiger charge is 2.30. The summed E-state index contributed by atoms with van der Waals surface area (Å²) in [5.41, 5.74) is -0.252. The molecule has 1 aliphatic carbocycles. The van der Waals surface area contributed by atoms with Crippen LogP contribution in [0.1, 0.15) is 55.5 Å². The predicted octanol–water partition coefficient (Wildman–Crippen LogP) is 0.746. The van der Waals surface area contributed by atoms with Crippen molar-refractivity contribution < 1.29 is 19.8 Å². The lowest BCUT2D eigenvalue weighted by Crippen LogP contribution is -2.36. The van der Waals surface area contributed by atoms with Crippen LogP contribution in [0.2, 0.25) is 0 Å². The maximum atomic E-state index is 13.0. The highest BCUT2D eigenvalue weighted by Crippen LogP contribution is 2.25. The monoisotopic (exact) mass is 443 g/mol. The lowest BCUT2D eigenvalue weighted by atomic mass is 10.2. The molecule has 1 atom stereocenters. The summed E-state index contributed by atoms with van der Waals surface area (Å²) in [5, 5.41) is 27.3. The van der Waals surface area contributed by atoms with Crippen molar-refractivity contribution in [2.45, 2.75) is 58.2 Å². The summed E-state index contributed by atoms with van der Waals surface area (Å²) < 4.78 is 2.60. The van der Waals surface area contributed by atoms with Crippen molar-refractivity contribution >= 4 is 23.5 Å². The van der Waals surface area contributed by atoms with Crippen molar-refractivity contribution in [1.29, 1.82) is 0 Å². The number of rotatable bonds is 7. The van der Waals surface area contributed by atoms with Crippen LogP contribution in [0.4, 0.5) is 0 Å². The Hall–Kier alpha value is -3.14. The summed E-state index contributed by atoms with van der Waals surface area (Å²) in [4.78, 5) is 39.9. The molecule has 0 radical (unpaired) electrons. The number of carbonyl (C=O) groups excluding carboxylic acids is 2. The molecule has 2 amide bonds. The molecule has 1 saturated carbocycles. The zero-order valence-corrected chi connectivity index (χ0v) is 18.3. The summed E-state index contributed by atoms with van der Waals surface area (Å²) in [5.74, 6) is -1.14. The van der Waals surface area contributed by atoms with Gasteiger partial charge in [0.15, 0.2) is 5.56 Å². The molecule has 32 heavy (non-hydrogen) atoms. The second-order valence-electron chi connectivity index (χ2n) is 8.93. The smallest absolute Gasteiger partial charge is 0.291 e. The first-order valence-corrected chi connectivity index (χ1v) is 11.1. The number of aromatic nitrogens is 3. The number of nitrogens with one attached hydrogen (secondary N) is 1. The topological polar surface area (TPSA) is 129 Å². The zero-order chi connectivity index (χ0) is 23.0. The quantitative estimate of drug-likeness (QED) is 0.542. The molecule has 10 nitrogen and oxygen atoms in total. The molecule has 0 unspecified atom stereocenters. The highest BCUT2D eigenvalue weighted by atomic mass is 16.3. The van der Waals surface area contributed by atoms with Crippen LogP contribution in [-0.2, 0) is 11.3 Å². The molecule has 2 aromatic rings. The van der Waals surface area contributed by atoms with E-state index in [0.717, 1.165) is 30.2 Å². The summed E-state index contributed by atoms with van der Waals surface area (Å²) in [6, 6.07) is -0.155. The van der Waals surface area contributed by atoms with Crippen molar-refractivity contribution in [3.63, 3.8) is 0 Å². The molecule has 1 aliphatic heterocycles. The van der Waals surface area contributed by atoms with E-state index in [1.165, 1.54) is 16.8 Å². The molecule has 4 rings (SSSR count). The van der Waals surface area contributed by atoms with E-state index in [4.69, 9.17) is 0 Å². The molecule has 10 heteroatoms. The first kappa shape index (κ1) is 22.1. The number of carbonyl (C=O) groups is 2. The number of aliphatic hydroxyl groups excluding tert-OH is 1. The van der Waals surface area contributed by atoms with Gasteiger partial charge in [0.2, 0.25) is 11.8 Å². The van der Waals surface area contributed by atoms with Gasteiger partial charge in [-0.05, 0) is 37.7 Å². The number of hydrogen-bond acceptors (Lipinski definition) is 6. The third kappa shape index (κ3) is 4.14. The van der Waals surface area contributed by atoms with E-state index in [1.54, 1.807) is 11.0 Å². The molecule has 3 heterocycles. The minimum Gasteiger partial charge on any atom is -0.494 e. The molecule has 0 aromatic carbocycles. The van der Waals surface area contributed by atoms with Crippen LogP contribution in [0.25, 0.3) is 11.7 Å². The maximum Gasteiger partial charge on any atom is 0.291 e. The summed E-state index contributed by atoms with van der Waals surface area (Å²) in [6.45, 7) is 4.76. The van der Waals surface area contributed by atoms with Crippen molar-refractivity contribution in [1.82, 2.24) is 24.4 Å². The Balaban J connectivity index is 1.75. The van der Waals surface area contributed by atoms with Crippen LogP contribution in [0.5, 0.6) is 5.88 Å². The van der Waals surface area contributed by atoms with Gasteiger partial charge in [0.25, 0.3) is 11.5 Å². The first-order valence-electron chi connectivity index (χ1n) is 11.1. The number of aliphatic hydroxyl groups is 1. The van der Waals surface area contributed by atoms with E-state index in [9.17, 15) is 24.6 Å². The van der Waals surface area contributed by atoms with Gasteiger partial charge in [-0.2, -0.15) is 9.61 Å². The van der Waals surface area contributed by atoms with E-state index >= 15 is 0 Å². The van der Waals surface area contributed by atoms with Crippen LogP contribution < -0.4 is 10.9 Å². The molecule has 2 fully saturated rings. The Bertz CT molecular complexity index is 1130. The van der Waals surface area contributed by atoms with Gasteiger partial charge in [-0.25, -0.2) is 0 Å².